The van der Waals surface area contributed by atoms with Crippen molar-refractivity contribution in [3.8, 4) is 17.1 Å². The van der Waals surface area contributed by atoms with E-state index in [1.54, 1.807) is 18.2 Å². The molecule has 0 saturated heterocycles. The lowest BCUT2D eigenvalue weighted by atomic mass is 9.75. The number of allylic oxidation sites excluding steroid dienone is 2. The summed E-state index contributed by atoms with van der Waals surface area (Å²) in [6, 6.07) is 9.35. The zero-order valence-corrected chi connectivity index (χ0v) is 13.3. The number of aromatic hydroxyl groups is 1. The Morgan fingerprint density at radius 1 is 1.08 bits per heavy atom. The fourth-order valence-electron chi connectivity index (χ4n) is 3.70. The molecule has 25 heavy (non-hydrogen) atoms. The minimum atomic E-state index is -0.837. The Labute approximate surface area is 143 Å². The van der Waals surface area contributed by atoms with Gasteiger partial charge in [-0.05, 0) is 42.7 Å². The molecule has 1 unspecified atom stereocenters. The highest BCUT2D eigenvalue weighted by Crippen LogP contribution is 2.44. The van der Waals surface area contributed by atoms with Crippen LogP contribution in [0.4, 0.5) is 0 Å². The van der Waals surface area contributed by atoms with Gasteiger partial charge in [0.1, 0.15) is 17.1 Å². The first-order valence-corrected chi connectivity index (χ1v) is 8.12. The highest BCUT2D eigenvalue weighted by molar-refractivity contribution is 5.90. The average molecular weight is 336 g/mol. The molecule has 1 heterocycles. The topological polar surface area (TPSA) is 87.7 Å². The fourth-order valence-corrected chi connectivity index (χ4v) is 3.70. The van der Waals surface area contributed by atoms with E-state index in [9.17, 15) is 19.8 Å². The predicted molar refractivity (Wildman–Crippen MR) is 93.0 cm³/mol. The van der Waals surface area contributed by atoms with Crippen molar-refractivity contribution in [2.24, 2.45) is 5.92 Å². The Hall–Kier alpha value is -3.08. The number of phenolic OH excluding ortho intramolecular Hbond substituents is 1. The van der Waals surface area contributed by atoms with Crippen molar-refractivity contribution in [1.82, 2.24) is 0 Å². The number of hydrogen-bond acceptors (Lipinski definition) is 4. The first-order valence-electron chi connectivity index (χ1n) is 8.12. The van der Waals surface area contributed by atoms with Crippen LogP contribution in [0.1, 0.15) is 24.3 Å². The first kappa shape index (κ1) is 15.4. The summed E-state index contributed by atoms with van der Waals surface area (Å²) in [6.45, 7) is 0. The molecule has 4 rings (SSSR count). The molecule has 0 amide bonds. The second-order valence-corrected chi connectivity index (χ2v) is 6.35. The standard InChI is InChI=1S/C20H16O5/c21-11-5-7-15-17(9-11)25-18-10-12(22)6-8-16(18)19(15)13-3-1-2-4-14(13)20(23)24/h1-2,5-10,13-14,21H,3-4H2,(H,23,24)/t13-,14?/m1/s1. The van der Waals surface area contributed by atoms with Gasteiger partial charge in [0.2, 0.25) is 0 Å². The minimum absolute atomic E-state index is 0.0538. The van der Waals surface area contributed by atoms with Gasteiger partial charge < -0.3 is 14.6 Å². The molecule has 1 aromatic carbocycles. The molecule has 5 heteroatoms. The van der Waals surface area contributed by atoms with Crippen molar-refractivity contribution in [2.75, 3.05) is 0 Å². The van der Waals surface area contributed by atoms with Gasteiger partial charge in [-0.2, -0.15) is 0 Å². The zero-order chi connectivity index (χ0) is 17.6. The number of aliphatic carboxylic acids is 1. The van der Waals surface area contributed by atoms with Gasteiger partial charge in [0.05, 0.1) is 5.92 Å². The molecule has 2 aliphatic carbocycles. The normalized spacial score (nSPS) is 20.2. The fraction of sp³-hybridized carbons (Fsp3) is 0.200. The van der Waals surface area contributed by atoms with Crippen LogP contribution in [-0.2, 0) is 4.79 Å². The molecule has 0 spiro atoms. The van der Waals surface area contributed by atoms with Gasteiger partial charge in [0.25, 0.3) is 0 Å². The summed E-state index contributed by atoms with van der Waals surface area (Å²) < 4.78 is 5.81. The van der Waals surface area contributed by atoms with E-state index in [0.29, 0.717) is 24.2 Å². The molecule has 0 radical (unpaired) electrons. The van der Waals surface area contributed by atoms with Crippen molar-refractivity contribution in [3.63, 3.8) is 0 Å². The molecule has 0 saturated carbocycles. The van der Waals surface area contributed by atoms with E-state index in [0.717, 1.165) is 16.5 Å². The van der Waals surface area contributed by atoms with E-state index in [-0.39, 0.29) is 17.1 Å². The molecule has 126 valence electrons. The lowest BCUT2D eigenvalue weighted by molar-refractivity contribution is -0.142. The van der Waals surface area contributed by atoms with Gasteiger partial charge in [0.15, 0.2) is 5.43 Å². The van der Waals surface area contributed by atoms with Gasteiger partial charge >= 0.3 is 5.97 Å². The third-order valence-corrected chi connectivity index (χ3v) is 4.84. The predicted octanol–water partition coefficient (Wildman–Crippen LogP) is 3.74. The van der Waals surface area contributed by atoms with E-state index in [4.69, 9.17) is 4.42 Å². The van der Waals surface area contributed by atoms with Crippen LogP contribution in [-0.4, -0.2) is 16.2 Å². The lowest BCUT2D eigenvalue weighted by Crippen LogP contribution is -2.24. The van der Waals surface area contributed by atoms with E-state index in [1.807, 2.05) is 12.2 Å². The summed E-state index contributed by atoms with van der Waals surface area (Å²) in [5.74, 6) is -1.15. The maximum Gasteiger partial charge on any atom is 0.307 e. The van der Waals surface area contributed by atoms with Crippen LogP contribution >= 0.6 is 0 Å². The van der Waals surface area contributed by atoms with E-state index in [1.165, 1.54) is 18.2 Å². The summed E-state index contributed by atoms with van der Waals surface area (Å²) in [6.07, 6.45) is 4.96. The number of rotatable bonds is 2. The summed E-state index contributed by atoms with van der Waals surface area (Å²) in [4.78, 5) is 23.5. The van der Waals surface area contributed by atoms with Gasteiger partial charge in [0, 0.05) is 29.0 Å². The van der Waals surface area contributed by atoms with E-state index < -0.39 is 11.9 Å². The second-order valence-electron chi connectivity index (χ2n) is 6.35. The number of carboxylic acids is 1. The number of carbonyl (C=O) groups is 1. The number of carboxylic acid groups (broad SMARTS) is 1. The van der Waals surface area contributed by atoms with Crippen molar-refractivity contribution in [1.29, 1.82) is 0 Å². The number of hydrogen-bond donors (Lipinski definition) is 2. The van der Waals surface area contributed by atoms with Crippen LogP contribution in [0.15, 0.2) is 57.8 Å². The molecule has 0 aromatic heterocycles. The van der Waals surface area contributed by atoms with Crippen LogP contribution in [0.5, 0.6) is 5.75 Å². The molecule has 0 fully saturated rings. The van der Waals surface area contributed by atoms with Crippen LogP contribution in [0.2, 0.25) is 0 Å². The molecular formula is C20H16O5. The highest BCUT2D eigenvalue weighted by Gasteiger charge is 2.33. The van der Waals surface area contributed by atoms with Gasteiger partial charge in [-0.1, -0.05) is 12.2 Å². The summed E-state index contributed by atoms with van der Waals surface area (Å²) in [5.41, 5.74) is 1.85. The SMILES string of the molecule is O=C(O)C1CC=CC[C@H]1c1c2ccc(=O)cc-2oc2cc(O)ccc12. The molecular weight excluding hydrogens is 320 g/mol. The van der Waals surface area contributed by atoms with Crippen molar-refractivity contribution in [3.05, 3.63) is 64.3 Å². The average Bonchev–Trinajstić information content (AvgIpc) is 2.59. The first-order chi connectivity index (χ1) is 12.0. The summed E-state index contributed by atoms with van der Waals surface area (Å²) in [5, 5.41) is 20.2. The Bertz CT molecular complexity index is 1030. The molecule has 2 atom stereocenters. The lowest BCUT2D eigenvalue weighted by Gasteiger charge is -2.29. The Kier molecular flexibility index (Phi) is 3.57. The number of phenols is 1. The van der Waals surface area contributed by atoms with Gasteiger partial charge in [-0.3, -0.25) is 9.59 Å². The number of fused-ring (bicyclic) bond motifs is 2. The molecule has 0 bridgehead atoms. The van der Waals surface area contributed by atoms with Crippen molar-refractivity contribution in [2.45, 2.75) is 18.8 Å². The quantitative estimate of drug-likeness (QED) is 0.550. The molecule has 5 nitrogen and oxygen atoms in total. The maximum atomic E-state index is 11.8. The van der Waals surface area contributed by atoms with Gasteiger partial charge in [-0.25, -0.2) is 0 Å². The third-order valence-electron chi connectivity index (χ3n) is 4.84. The summed E-state index contributed by atoms with van der Waals surface area (Å²) >= 11 is 0. The third kappa shape index (κ3) is 2.58. The monoisotopic (exact) mass is 336 g/mol. The highest BCUT2D eigenvalue weighted by atomic mass is 16.4. The van der Waals surface area contributed by atoms with Crippen molar-refractivity contribution >= 4 is 16.9 Å². The van der Waals surface area contributed by atoms with E-state index >= 15 is 0 Å². The van der Waals surface area contributed by atoms with Gasteiger partial charge in [-0.15, -0.1) is 0 Å². The Balaban J connectivity index is 2.07. The van der Waals surface area contributed by atoms with Crippen LogP contribution in [0, 0.1) is 5.92 Å². The maximum absolute atomic E-state index is 11.8. The Morgan fingerprint density at radius 3 is 2.68 bits per heavy atom. The van der Waals surface area contributed by atoms with E-state index in [2.05, 4.69) is 0 Å². The second kappa shape index (κ2) is 5.77. The Morgan fingerprint density at radius 2 is 1.88 bits per heavy atom. The van der Waals surface area contributed by atoms with Crippen LogP contribution in [0.3, 0.4) is 0 Å². The number of benzene rings is 2. The molecule has 2 N–H and O–H groups in total. The minimum Gasteiger partial charge on any atom is -0.508 e. The smallest absolute Gasteiger partial charge is 0.307 e. The van der Waals surface area contributed by atoms with Crippen LogP contribution < -0.4 is 5.43 Å². The molecule has 1 aliphatic heterocycles. The van der Waals surface area contributed by atoms with Crippen molar-refractivity contribution < 1.29 is 19.4 Å². The molecule has 3 aliphatic rings. The zero-order valence-electron chi connectivity index (χ0n) is 13.3. The van der Waals surface area contributed by atoms with Crippen LogP contribution in [0.25, 0.3) is 22.3 Å². The largest absolute Gasteiger partial charge is 0.508 e. The molecule has 1 aromatic rings. The summed E-state index contributed by atoms with van der Waals surface area (Å²) in [7, 11) is 0.